The summed E-state index contributed by atoms with van der Waals surface area (Å²) in [6.07, 6.45) is 0. The monoisotopic (exact) mass is 285 g/mol. The second kappa shape index (κ2) is 5.61. The van der Waals surface area contributed by atoms with Crippen LogP contribution in [0.3, 0.4) is 0 Å². The van der Waals surface area contributed by atoms with Crippen molar-refractivity contribution in [2.24, 2.45) is 0 Å². The van der Waals surface area contributed by atoms with E-state index in [1.807, 2.05) is 13.0 Å². The van der Waals surface area contributed by atoms with Gasteiger partial charge in [0.05, 0.1) is 10.5 Å². The molecule has 0 aliphatic heterocycles. The van der Waals surface area contributed by atoms with E-state index in [0.29, 0.717) is 11.4 Å². The van der Waals surface area contributed by atoms with E-state index < -0.39 is 15.6 Å². The van der Waals surface area contributed by atoms with Gasteiger partial charge in [0.25, 0.3) is 0 Å². The third-order valence-electron chi connectivity index (χ3n) is 2.86. The van der Waals surface area contributed by atoms with Gasteiger partial charge in [0, 0.05) is 13.1 Å². The molecule has 1 rings (SSSR count). The molecule has 0 radical (unpaired) electrons. The molecule has 0 aliphatic carbocycles. The molecule has 19 heavy (non-hydrogen) atoms. The Balaban J connectivity index is 3.21. The fraction of sp³-hybridized carbons (Fsp3) is 0.571. The lowest BCUT2D eigenvalue weighted by molar-refractivity contribution is 0.0601. The standard InChI is InChI=1S/C14H23NO3S/c1-6-15(10-14(4,5)16)19(17,18)13-8-7-11(2)9-12(13)3/h7-9,16H,6,10H2,1-5H3. The molecular formula is C14H23NO3S. The number of aliphatic hydroxyl groups is 1. The third kappa shape index (κ3) is 4.03. The molecule has 108 valence electrons. The highest BCUT2D eigenvalue weighted by molar-refractivity contribution is 7.89. The van der Waals surface area contributed by atoms with E-state index in [9.17, 15) is 13.5 Å². The molecule has 5 heteroatoms. The number of sulfonamides is 1. The molecule has 0 atom stereocenters. The molecule has 0 saturated carbocycles. The number of likely N-dealkylation sites (N-methyl/N-ethyl adjacent to an activating group) is 1. The van der Waals surface area contributed by atoms with Crippen LogP contribution in [0.5, 0.6) is 0 Å². The zero-order valence-electron chi connectivity index (χ0n) is 12.3. The molecule has 4 nitrogen and oxygen atoms in total. The molecule has 1 aromatic rings. The summed E-state index contributed by atoms with van der Waals surface area (Å²) < 4.78 is 26.5. The van der Waals surface area contributed by atoms with Gasteiger partial charge in [-0.15, -0.1) is 0 Å². The van der Waals surface area contributed by atoms with Gasteiger partial charge in [-0.1, -0.05) is 24.6 Å². The Morgan fingerprint density at radius 3 is 2.26 bits per heavy atom. The largest absolute Gasteiger partial charge is 0.389 e. The van der Waals surface area contributed by atoms with Gasteiger partial charge in [-0.2, -0.15) is 4.31 Å². The van der Waals surface area contributed by atoms with E-state index in [-0.39, 0.29) is 6.54 Å². The Labute approximate surface area is 116 Å². The second-order valence-corrected chi connectivity index (χ2v) is 7.42. The van der Waals surface area contributed by atoms with Gasteiger partial charge < -0.3 is 5.11 Å². The molecule has 0 heterocycles. The minimum atomic E-state index is -3.56. The van der Waals surface area contributed by atoms with Crippen molar-refractivity contribution in [3.8, 4) is 0 Å². The molecule has 0 aromatic heterocycles. The van der Waals surface area contributed by atoms with Crippen LogP contribution >= 0.6 is 0 Å². The van der Waals surface area contributed by atoms with Crippen LogP contribution in [-0.4, -0.2) is 36.5 Å². The van der Waals surface area contributed by atoms with E-state index in [0.717, 1.165) is 11.1 Å². The maximum absolute atomic E-state index is 12.6. The van der Waals surface area contributed by atoms with Crippen LogP contribution in [0, 0.1) is 13.8 Å². The number of nitrogens with zero attached hydrogens (tertiary/aromatic N) is 1. The summed E-state index contributed by atoms with van der Waals surface area (Å²) in [5.74, 6) is 0. The minimum absolute atomic E-state index is 0.0825. The van der Waals surface area contributed by atoms with E-state index in [1.165, 1.54) is 4.31 Å². The van der Waals surface area contributed by atoms with Gasteiger partial charge in [0.2, 0.25) is 10.0 Å². The topological polar surface area (TPSA) is 57.6 Å². The maximum Gasteiger partial charge on any atom is 0.243 e. The zero-order chi connectivity index (χ0) is 14.8. The maximum atomic E-state index is 12.6. The number of hydrogen-bond acceptors (Lipinski definition) is 3. The van der Waals surface area contributed by atoms with Crippen molar-refractivity contribution in [2.45, 2.75) is 45.1 Å². The summed E-state index contributed by atoms with van der Waals surface area (Å²) in [7, 11) is -3.56. The predicted octanol–water partition coefficient (Wildman–Crippen LogP) is 2.08. The molecule has 0 spiro atoms. The lowest BCUT2D eigenvalue weighted by Gasteiger charge is -2.28. The van der Waals surface area contributed by atoms with Gasteiger partial charge in [-0.25, -0.2) is 8.42 Å². The van der Waals surface area contributed by atoms with E-state index in [2.05, 4.69) is 0 Å². The summed E-state index contributed by atoms with van der Waals surface area (Å²) in [6.45, 7) is 9.11. The first-order valence-electron chi connectivity index (χ1n) is 6.37. The van der Waals surface area contributed by atoms with Crippen molar-refractivity contribution in [1.82, 2.24) is 4.31 Å². The average Bonchev–Trinajstić information content (AvgIpc) is 2.23. The quantitative estimate of drug-likeness (QED) is 0.901. The third-order valence-corrected chi connectivity index (χ3v) is 4.95. The Kier molecular flexibility index (Phi) is 4.76. The van der Waals surface area contributed by atoms with E-state index in [4.69, 9.17) is 0 Å². The van der Waals surface area contributed by atoms with Gasteiger partial charge in [0.15, 0.2) is 0 Å². The smallest absolute Gasteiger partial charge is 0.243 e. The van der Waals surface area contributed by atoms with Crippen LogP contribution in [0.15, 0.2) is 23.1 Å². The van der Waals surface area contributed by atoms with Crippen LogP contribution < -0.4 is 0 Å². The van der Waals surface area contributed by atoms with Crippen LogP contribution in [-0.2, 0) is 10.0 Å². The fourth-order valence-corrected chi connectivity index (χ4v) is 3.84. The molecule has 0 fully saturated rings. The molecule has 0 unspecified atom stereocenters. The number of hydrogen-bond donors (Lipinski definition) is 1. The Morgan fingerprint density at radius 2 is 1.84 bits per heavy atom. The molecular weight excluding hydrogens is 262 g/mol. The molecule has 0 saturated heterocycles. The van der Waals surface area contributed by atoms with Gasteiger partial charge in [-0.05, 0) is 39.3 Å². The lowest BCUT2D eigenvalue weighted by Crippen LogP contribution is -2.42. The van der Waals surface area contributed by atoms with E-state index >= 15 is 0 Å². The van der Waals surface area contributed by atoms with Gasteiger partial charge >= 0.3 is 0 Å². The highest BCUT2D eigenvalue weighted by Crippen LogP contribution is 2.22. The normalized spacial score (nSPS) is 13.0. The Hall–Kier alpha value is -0.910. The van der Waals surface area contributed by atoms with Gasteiger partial charge in [-0.3, -0.25) is 0 Å². The van der Waals surface area contributed by atoms with Crippen molar-refractivity contribution >= 4 is 10.0 Å². The van der Waals surface area contributed by atoms with Crippen molar-refractivity contribution in [3.63, 3.8) is 0 Å². The van der Waals surface area contributed by atoms with Gasteiger partial charge in [0.1, 0.15) is 0 Å². The Morgan fingerprint density at radius 1 is 1.26 bits per heavy atom. The first kappa shape index (κ1) is 16.1. The van der Waals surface area contributed by atoms with Crippen LogP contribution in [0.4, 0.5) is 0 Å². The summed E-state index contributed by atoms with van der Waals surface area (Å²) in [6, 6.07) is 5.27. The molecule has 0 bridgehead atoms. The summed E-state index contributed by atoms with van der Waals surface area (Å²) in [4.78, 5) is 0.309. The summed E-state index contributed by atoms with van der Waals surface area (Å²) >= 11 is 0. The van der Waals surface area contributed by atoms with Crippen LogP contribution in [0.25, 0.3) is 0 Å². The first-order chi connectivity index (χ1) is 8.58. The molecule has 1 aromatic carbocycles. The highest BCUT2D eigenvalue weighted by atomic mass is 32.2. The number of rotatable bonds is 5. The van der Waals surface area contributed by atoms with Crippen molar-refractivity contribution in [3.05, 3.63) is 29.3 Å². The predicted molar refractivity (Wildman–Crippen MR) is 76.6 cm³/mol. The van der Waals surface area contributed by atoms with E-state index in [1.54, 1.807) is 39.8 Å². The van der Waals surface area contributed by atoms with Crippen molar-refractivity contribution in [1.29, 1.82) is 0 Å². The Bertz CT molecular complexity index is 544. The summed E-state index contributed by atoms with van der Waals surface area (Å²) in [5, 5.41) is 9.84. The van der Waals surface area contributed by atoms with Crippen molar-refractivity contribution in [2.75, 3.05) is 13.1 Å². The molecule has 1 N–H and O–H groups in total. The zero-order valence-corrected chi connectivity index (χ0v) is 13.1. The number of benzene rings is 1. The number of aryl methyl sites for hydroxylation is 2. The first-order valence-corrected chi connectivity index (χ1v) is 7.81. The average molecular weight is 285 g/mol. The minimum Gasteiger partial charge on any atom is -0.389 e. The second-order valence-electron chi connectivity index (χ2n) is 5.51. The SMILES string of the molecule is CCN(CC(C)(C)O)S(=O)(=O)c1ccc(C)cc1C. The van der Waals surface area contributed by atoms with Crippen LogP contribution in [0.2, 0.25) is 0 Å². The van der Waals surface area contributed by atoms with Crippen molar-refractivity contribution < 1.29 is 13.5 Å². The lowest BCUT2D eigenvalue weighted by atomic mass is 10.1. The molecule has 0 aliphatic rings. The summed E-state index contributed by atoms with van der Waals surface area (Å²) in [5.41, 5.74) is 0.706. The molecule has 0 amide bonds. The highest BCUT2D eigenvalue weighted by Gasteiger charge is 2.29. The van der Waals surface area contributed by atoms with Crippen LogP contribution in [0.1, 0.15) is 31.9 Å². The fourth-order valence-electron chi connectivity index (χ4n) is 2.03.